The van der Waals surface area contributed by atoms with Gasteiger partial charge in [0.15, 0.2) is 0 Å². The molecule has 4 nitrogen and oxygen atoms in total. The summed E-state index contributed by atoms with van der Waals surface area (Å²) < 4.78 is 26.8. The van der Waals surface area contributed by atoms with Gasteiger partial charge in [-0.1, -0.05) is 32.4 Å². The van der Waals surface area contributed by atoms with Crippen molar-refractivity contribution >= 4 is 10.0 Å². The quantitative estimate of drug-likeness (QED) is 0.930. The molecule has 0 aliphatic carbocycles. The second-order valence-corrected chi connectivity index (χ2v) is 8.25. The molecule has 21 heavy (non-hydrogen) atoms. The van der Waals surface area contributed by atoms with Crippen LogP contribution in [0.15, 0.2) is 29.2 Å². The van der Waals surface area contributed by atoms with Gasteiger partial charge in [-0.3, -0.25) is 0 Å². The van der Waals surface area contributed by atoms with Crippen LogP contribution < -0.4 is 0 Å². The third-order valence-corrected chi connectivity index (χ3v) is 6.70. The Bertz CT molecular complexity index is 570. The fourth-order valence-corrected chi connectivity index (χ4v) is 4.13. The lowest BCUT2D eigenvalue weighted by Gasteiger charge is -2.38. The summed E-state index contributed by atoms with van der Waals surface area (Å²) in [6.45, 7) is 7.24. The molecule has 1 fully saturated rings. The number of rotatable bonds is 4. The van der Waals surface area contributed by atoms with Crippen LogP contribution in [0.25, 0.3) is 0 Å². The Morgan fingerprint density at radius 2 is 1.76 bits per heavy atom. The van der Waals surface area contributed by atoms with Gasteiger partial charge in [-0.15, -0.1) is 0 Å². The molecule has 1 N–H and O–H groups in total. The van der Waals surface area contributed by atoms with Gasteiger partial charge < -0.3 is 5.11 Å². The Morgan fingerprint density at radius 3 is 2.19 bits per heavy atom. The van der Waals surface area contributed by atoms with Crippen molar-refractivity contribution in [2.75, 3.05) is 13.1 Å². The second-order valence-electron chi connectivity index (χ2n) is 6.31. The Labute approximate surface area is 127 Å². The fraction of sp³-hybridized carbons (Fsp3) is 0.625. The van der Waals surface area contributed by atoms with Crippen LogP contribution >= 0.6 is 0 Å². The SMILES string of the molecule is CCC1(C)CCN(S(=O)(=O)c2ccc(C(C)O)cc2)CC1. The van der Waals surface area contributed by atoms with E-state index in [-0.39, 0.29) is 5.41 Å². The van der Waals surface area contributed by atoms with Gasteiger partial charge >= 0.3 is 0 Å². The summed E-state index contributed by atoms with van der Waals surface area (Å²) in [5, 5.41) is 9.49. The lowest BCUT2D eigenvalue weighted by molar-refractivity contribution is 0.169. The highest BCUT2D eigenvalue weighted by atomic mass is 32.2. The summed E-state index contributed by atoms with van der Waals surface area (Å²) in [4.78, 5) is 0.312. The maximum atomic E-state index is 12.6. The van der Waals surface area contributed by atoms with E-state index in [1.165, 1.54) is 0 Å². The third kappa shape index (κ3) is 3.47. The summed E-state index contributed by atoms with van der Waals surface area (Å²) in [6, 6.07) is 6.53. The molecule has 1 aromatic carbocycles. The van der Waals surface area contributed by atoms with Gasteiger partial charge in [-0.05, 0) is 42.9 Å². The first-order valence-corrected chi connectivity index (χ1v) is 9.01. The topological polar surface area (TPSA) is 57.6 Å². The maximum absolute atomic E-state index is 12.6. The van der Waals surface area contributed by atoms with Crippen LogP contribution in [0.4, 0.5) is 0 Å². The van der Waals surface area contributed by atoms with Gasteiger partial charge in [0.05, 0.1) is 11.0 Å². The van der Waals surface area contributed by atoms with Crippen molar-refractivity contribution < 1.29 is 13.5 Å². The minimum Gasteiger partial charge on any atom is -0.389 e. The van der Waals surface area contributed by atoms with E-state index in [1.54, 1.807) is 35.5 Å². The molecule has 0 saturated carbocycles. The third-order valence-electron chi connectivity index (χ3n) is 4.78. The maximum Gasteiger partial charge on any atom is 0.243 e. The molecule has 0 spiro atoms. The molecule has 1 unspecified atom stereocenters. The predicted octanol–water partition coefficient (Wildman–Crippen LogP) is 2.94. The standard InChI is InChI=1S/C16H25NO3S/c1-4-16(3)9-11-17(12-10-16)21(19,20)15-7-5-14(6-8-15)13(2)18/h5-8,13,18H,4,9-12H2,1-3H3. The molecule has 2 rings (SSSR count). The summed E-state index contributed by atoms with van der Waals surface area (Å²) in [6.07, 6.45) is 2.33. The lowest BCUT2D eigenvalue weighted by Crippen LogP contribution is -2.41. The molecule has 1 saturated heterocycles. The Balaban J connectivity index is 2.15. The highest BCUT2D eigenvalue weighted by Crippen LogP contribution is 2.35. The van der Waals surface area contributed by atoms with E-state index in [4.69, 9.17) is 0 Å². The average molecular weight is 311 g/mol. The van der Waals surface area contributed by atoms with Crippen molar-refractivity contribution in [3.8, 4) is 0 Å². The Kier molecular flexibility index (Phi) is 4.76. The summed E-state index contributed by atoms with van der Waals surface area (Å²) in [5.74, 6) is 0. The number of benzene rings is 1. The van der Waals surface area contributed by atoms with Gasteiger partial charge in [0.2, 0.25) is 10.0 Å². The number of aliphatic hydroxyl groups excluding tert-OH is 1. The van der Waals surface area contributed by atoms with Crippen LogP contribution in [0.2, 0.25) is 0 Å². The molecule has 0 aromatic heterocycles. The van der Waals surface area contributed by atoms with Crippen LogP contribution in [-0.4, -0.2) is 30.9 Å². The van der Waals surface area contributed by atoms with Gasteiger partial charge in [0, 0.05) is 13.1 Å². The van der Waals surface area contributed by atoms with Crippen LogP contribution in [-0.2, 0) is 10.0 Å². The van der Waals surface area contributed by atoms with E-state index in [0.29, 0.717) is 18.0 Å². The second kappa shape index (κ2) is 6.07. The summed E-state index contributed by atoms with van der Waals surface area (Å²) in [5.41, 5.74) is 0.994. The highest BCUT2D eigenvalue weighted by molar-refractivity contribution is 7.89. The molecule has 1 aliphatic rings. The number of sulfonamides is 1. The van der Waals surface area contributed by atoms with E-state index in [1.807, 2.05) is 0 Å². The van der Waals surface area contributed by atoms with Crippen LogP contribution in [0, 0.1) is 5.41 Å². The number of aliphatic hydroxyl groups is 1. The van der Waals surface area contributed by atoms with Crippen molar-refractivity contribution in [1.82, 2.24) is 4.31 Å². The zero-order valence-electron chi connectivity index (χ0n) is 13.0. The largest absolute Gasteiger partial charge is 0.389 e. The monoisotopic (exact) mass is 311 g/mol. The van der Waals surface area contributed by atoms with Crippen molar-refractivity contribution in [3.05, 3.63) is 29.8 Å². The van der Waals surface area contributed by atoms with Gasteiger partial charge in [0.1, 0.15) is 0 Å². The number of nitrogens with zero attached hydrogens (tertiary/aromatic N) is 1. The molecular formula is C16H25NO3S. The molecule has 0 bridgehead atoms. The molecule has 1 aromatic rings. The number of hydrogen-bond donors (Lipinski definition) is 1. The van der Waals surface area contributed by atoms with E-state index in [9.17, 15) is 13.5 Å². The minimum atomic E-state index is -3.41. The Morgan fingerprint density at radius 1 is 1.24 bits per heavy atom. The highest BCUT2D eigenvalue weighted by Gasteiger charge is 2.34. The summed E-state index contributed by atoms with van der Waals surface area (Å²) >= 11 is 0. The first kappa shape index (κ1) is 16.5. The predicted molar refractivity (Wildman–Crippen MR) is 83.5 cm³/mol. The molecule has 118 valence electrons. The van der Waals surface area contributed by atoms with Crippen LogP contribution in [0.3, 0.4) is 0 Å². The number of hydrogen-bond acceptors (Lipinski definition) is 3. The molecule has 1 heterocycles. The van der Waals surface area contributed by atoms with Crippen molar-refractivity contribution in [2.24, 2.45) is 5.41 Å². The lowest BCUT2D eigenvalue weighted by atomic mass is 9.79. The van der Waals surface area contributed by atoms with Crippen molar-refractivity contribution in [1.29, 1.82) is 0 Å². The van der Waals surface area contributed by atoms with Crippen molar-refractivity contribution in [2.45, 2.75) is 51.0 Å². The van der Waals surface area contributed by atoms with E-state index >= 15 is 0 Å². The van der Waals surface area contributed by atoms with E-state index in [0.717, 1.165) is 24.8 Å². The Hall–Kier alpha value is -0.910. The first-order chi connectivity index (χ1) is 9.78. The van der Waals surface area contributed by atoms with Crippen molar-refractivity contribution in [3.63, 3.8) is 0 Å². The molecule has 0 radical (unpaired) electrons. The zero-order valence-corrected chi connectivity index (χ0v) is 13.9. The van der Waals surface area contributed by atoms with Gasteiger partial charge in [-0.2, -0.15) is 4.31 Å². The van der Waals surface area contributed by atoms with Crippen LogP contribution in [0.5, 0.6) is 0 Å². The van der Waals surface area contributed by atoms with Gasteiger partial charge in [0.25, 0.3) is 0 Å². The average Bonchev–Trinajstić information content (AvgIpc) is 2.48. The fourth-order valence-electron chi connectivity index (χ4n) is 2.69. The zero-order chi connectivity index (χ0) is 15.7. The van der Waals surface area contributed by atoms with Crippen LogP contribution in [0.1, 0.15) is 51.7 Å². The van der Waals surface area contributed by atoms with E-state index < -0.39 is 16.1 Å². The normalized spacial score (nSPS) is 21.1. The first-order valence-electron chi connectivity index (χ1n) is 7.57. The smallest absolute Gasteiger partial charge is 0.243 e. The van der Waals surface area contributed by atoms with Gasteiger partial charge in [-0.25, -0.2) is 8.42 Å². The van der Waals surface area contributed by atoms with E-state index in [2.05, 4.69) is 13.8 Å². The molecule has 5 heteroatoms. The minimum absolute atomic E-state index is 0.266. The molecule has 1 atom stereocenters. The number of piperidine rings is 1. The molecular weight excluding hydrogens is 286 g/mol. The summed E-state index contributed by atoms with van der Waals surface area (Å²) in [7, 11) is -3.41. The molecule has 0 amide bonds. The molecule has 1 aliphatic heterocycles.